The number of thiazole rings is 1. The van der Waals surface area contributed by atoms with Gasteiger partial charge in [0.2, 0.25) is 0 Å². The highest BCUT2D eigenvalue weighted by Crippen LogP contribution is 2.21. The van der Waals surface area contributed by atoms with E-state index in [1.807, 2.05) is 24.1 Å². The van der Waals surface area contributed by atoms with E-state index in [1.54, 1.807) is 11.3 Å². The van der Waals surface area contributed by atoms with Crippen molar-refractivity contribution in [1.29, 1.82) is 0 Å². The van der Waals surface area contributed by atoms with Crippen LogP contribution in [0.3, 0.4) is 0 Å². The summed E-state index contributed by atoms with van der Waals surface area (Å²) < 4.78 is 2.07. The molecule has 0 aromatic carbocycles. The van der Waals surface area contributed by atoms with Crippen LogP contribution in [0.15, 0.2) is 23.7 Å². The Morgan fingerprint density at radius 3 is 2.59 bits per heavy atom. The number of aryl methyl sites for hydroxylation is 2. The lowest BCUT2D eigenvalue weighted by Gasteiger charge is -2.21. The molecule has 154 valence electrons. The van der Waals surface area contributed by atoms with E-state index < -0.39 is 0 Å². The van der Waals surface area contributed by atoms with E-state index in [1.165, 1.54) is 12.8 Å². The number of amides is 1. The molecule has 0 spiro atoms. The molecule has 4 rings (SSSR count). The maximum atomic E-state index is 13.4. The fourth-order valence-corrected chi connectivity index (χ4v) is 4.62. The lowest BCUT2D eigenvalue weighted by molar-refractivity contribution is 0.0754. The van der Waals surface area contributed by atoms with Gasteiger partial charge in [-0.05, 0) is 51.4 Å². The minimum Gasteiger partial charge on any atom is -0.337 e. The minimum atomic E-state index is 0.0705. The average molecular weight is 412 g/mol. The summed E-state index contributed by atoms with van der Waals surface area (Å²) >= 11 is 1.67. The highest BCUT2D eigenvalue weighted by molar-refractivity contribution is 7.09. The Morgan fingerprint density at radius 1 is 1.14 bits per heavy atom. The van der Waals surface area contributed by atoms with Crippen molar-refractivity contribution in [2.45, 2.75) is 52.6 Å². The summed E-state index contributed by atoms with van der Waals surface area (Å²) in [6.45, 7) is 7.15. The lowest BCUT2D eigenvalue weighted by atomic mass is 10.2. The Hall–Kier alpha value is -2.25. The van der Waals surface area contributed by atoms with Crippen LogP contribution in [0.25, 0.3) is 5.65 Å². The molecule has 0 atom stereocenters. The van der Waals surface area contributed by atoms with Gasteiger partial charge in [0.25, 0.3) is 5.91 Å². The van der Waals surface area contributed by atoms with E-state index in [0.29, 0.717) is 12.2 Å². The van der Waals surface area contributed by atoms with Crippen LogP contribution in [0.5, 0.6) is 0 Å². The summed E-state index contributed by atoms with van der Waals surface area (Å²) in [5, 5.41) is 3.18. The summed E-state index contributed by atoms with van der Waals surface area (Å²) in [6.07, 6.45) is 6.61. The molecule has 1 saturated heterocycles. The van der Waals surface area contributed by atoms with Gasteiger partial charge < -0.3 is 9.30 Å². The Kier molecular flexibility index (Phi) is 5.96. The molecule has 0 saturated carbocycles. The molecule has 6 nitrogen and oxygen atoms in total. The molecule has 3 aromatic heterocycles. The van der Waals surface area contributed by atoms with Crippen molar-refractivity contribution in [1.82, 2.24) is 24.2 Å². The van der Waals surface area contributed by atoms with Crippen molar-refractivity contribution in [3.63, 3.8) is 0 Å². The number of carbonyl (C=O) groups excluding carboxylic acids is 1. The highest BCUT2D eigenvalue weighted by Gasteiger charge is 2.25. The number of fused-ring (bicyclic) bond motifs is 1. The molecular weight excluding hydrogens is 382 g/mol. The minimum absolute atomic E-state index is 0.0705. The van der Waals surface area contributed by atoms with Gasteiger partial charge in [-0.2, -0.15) is 0 Å². The van der Waals surface area contributed by atoms with Crippen LogP contribution < -0.4 is 0 Å². The molecule has 29 heavy (non-hydrogen) atoms. The molecule has 0 aliphatic carbocycles. The first-order valence-electron chi connectivity index (χ1n) is 10.4. The number of rotatable bonds is 5. The van der Waals surface area contributed by atoms with Gasteiger partial charge in [-0.3, -0.25) is 9.69 Å². The van der Waals surface area contributed by atoms with Gasteiger partial charge in [0.1, 0.15) is 5.65 Å². The van der Waals surface area contributed by atoms with Gasteiger partial charge >= 0.3 is 0 Å². The van der Waals surface area contributed by atoms with Crippen LogP contribution in [-0.2, 0) is 13.1 Å². The first kappa shape index (κ1) is 20.0. The number of likely N-dealkylation sites (tertiary alicyclic amines) is 1. The Balaban J connectivity index is 1.64. The zero-order valence-corrected chi connectivity index (χ0v) is 18.3. The third kappa shape index (κ3) is 4.51. The zero-order chi connectivity index (χ0) is 20.4. The number of hydrogen-bond acceptors (Lipinski definition) is 5. The van der Waals surface area contributed by atoms with Crippen molar-refractivity contribution in [3.8, 4) is 0 Å². The number of imidazole rings is 1. The molecule has 0 N–H and O–H groups in total. The number of carbonyl (C=O) groups is 1. The predicted octanol–water partition coefficient (Wildman–Crippen LogP) is 4.06. The average Bonchev–Trinajstić information content (AvgIpc) is 3.12. The van der Waals surface area contributed by atoms with Gasteiger partial charge in [-0.1, -0.05) is 12.8 Å². The molecule has 4 heterocycles. The van der Waals surface area contributed by atoms with Crippen molar-refractivity contribution in [3.05, 3.63) is 51.4 Å². The normalized spacial score (nSPS) is 15.2. The van der Waals surface area contributed by atoms with Crippen molar-refractivity contribution in [2.75, 3.05) is 20.1 Å². The molecular formula is C22H29N5OS. The third-order valence-electron chi connectivity index (χ3n) is 5.49. The molecule has 1 amide bonds. The van der Waals surface area contributed by atoms with Crippen LogP contribution in [0, 0.1) is 13.8 Å². The zero-order valence-electron chi connectivity index (χ0n) is 17.5. The fourth-order valence-electron chi connectivity index (χ4n) is 4.01. The van der Waals surface area contributed by atoms with Crippen LogP contribution in [0.1, 0.15) is 58.1 Å². The molecule has 7 heteroatoms. The van der Waals surface area contributed by atoms with Crippen LogP contribution in [-0.4, -0.2) is 50.2 Å². The van der Waals surface area contributed by atoms with Crippen molar-refractivity contribution < 1.29 is 4.79 Å². The molecule has 1 aliphatic rings. The summed E-state index contributed by atoms with van der Waals surface area (Å²) in [5.41, 5.74) is 4.62. The summed E-state index contributed by atoms with van der Waals surface area (Å²) in [7, 11) is 2.07. The van der Waals surface area contributed by atoms with Gasteiger partial charge in [0.05, 0.1) is 16.4 Å². The second-order valence-electron chi connectivity index (χ2n) is 8.08. The first-order chi connectivity index (χ1) is 14.0. The summed E-state index contributed by atoms with van der Waals surface area (Å²) in [6, 6.07) is 4.12. The second-order valence-corrected chi connectivity index (χ2v) is 9.14. The maximum absolute atomic E-state index is 13.4. The fraction of sp³-hybridized carbons (Fsp3) is 0.500. The maximum Gasteiger partial charge on any atom is 0.274 e. The Morgan fingerprint density at radius 2 is 1.90 bits per heavy atom. The number of hydrogen-bond donors (Lipinski definition) is 0. The topological polar surface area (TPSA) is 53.7 Å². The van der Waals surface area contributed by atoms with Crippen molar-refractivity contribution >= 4 is 22.9 Å². The monoisotopic (exact) mass is 411 g/mol. The molecule has 1 fully saturated rings. The van der Waals surface area contributed by atoms with E-state index >= 15 is 0 Å². The summed E-state index contributed by atoms with van der Waals surface area (Å²) in [5.74, 6) is 0.0705. The number of pyridine rings is 1. The SMILES string of the molecule is Cc1ccn2c(CN(C)Cc3csc(C)n3)c(C(=O)N3CCCCCC3)nc2c1. The smallest absolute Gasteiger partial charge is 0.274 e. The number of nitrogens with zero attached hydrogens (tertiary/aromatic N) is 5. The summed E-state index contributed by atoms with van der Waals surface area (Å²) in [4.78, 5) is 26.9. The Bertz CT molecular complexity index is 1000. The molecule has 0 radical (unpaired) electrons. The van der Waals surface area contributed by atoms with E-state index in [0.717, 1.165) is 60.1 Å². The van der Waals surface area contributed by atoms with Gasteiger partial charge in [-0.15, -0.1) is 11.3 Å². The van der Waals surface area contributed by atoms with E-state index in [2.05, 4.69) is 39.7 Å². The highest BCUT2D eigenvalue weighted by atomic mass is 32.1. The molecule has 1 aliphatic heterocycles. The predicted molar refractivity (Wildman–Crippen MR) is 116 cm³/mol. The first-order valence-corrected chi connectivity index (χ1v) is 11.3. The quantitative estimate of drug-likeness (QED) is 0.635. The van der Waals surface area contributed by atoms with E-state index in [-0.39, 0.29) is 5.91 Å². The Labute approximate surface area is 176 Å². The second kappa shape index (κ2) is 8.63. The van der Waals surface area contributed by atoms with E-state index in [9.17, 15) is 4.79 Å². The van der Waals surface area contributed by atoms with Crippen LogP contribution in [0.4, 0.5) is 0 Å². The molecule has 0 unspecified atom stereocenters. The van der Waals surface area contributed by atoms with Crippen LogP contribution in [0.2, 0.25) is 0 Å². The molecule has 3 aromatic rings. The third-order valence-corrected chi connectivity index (χ3v) is 6.32. The largest absolute Gasteiger partial charge is 0.337 e. The van der Waals surface area contributed by atoms with Gasteiger partial charge in [-0.25, -0.2) is 9.97 Å². The standard InChI is InChI=1S/C22H29N5OS/c1-16-8-11-27-19(14-25(3)13-18-15-29-17(2)23-18)21(24-20(27)12-16)22(28)26-9-6-4-5-7-10-26/h8,11-12,15H,4-7,9-10,13-14H2,1-3H3. The van der Waals surface area contributed by atoms with Gasteiger partial charge in [0.15, 0.2) is 5.69 Å². The number of aromatic nitrogens is 3. The van der Waals surface area contributed by atoms with Crippen molar-refractivity contribution in [2.24, 2.45) is 0 Å². The molecule has 0 bridgehead atoms. The lowest BCUT2D eigenvalue weighted by Crippen LogP contribution is -2.33. The van der Waals surface area contributed by atoms with E-state index in [4.69, 9.17) is 4.98 Å². The van der Waals surface area contributed by atoms with Crippen LogP contribution >= 0.6 is 11.3 Å². The van der Waals surface area contributed by atoms with Gasteiger partial charge in [0, 0.05) is 37.8 Å².